The molecule has 2 rings (SSSR count). The zero-order valence-electron chi connectivity index (χ0n) is 11.4. The summed E-state index contributed by atoms with van der Waals surface area (Å²) in [4.78, 5) is 6.25. The molecule has 8 heteroatoms. The lowest BCUT2D eigenvalue weighted by Gasteiger charge is -2.42. The van der Waals surface area contributed by atoms with Gasteiger partial charge in [0.05, 0.1) is 0 Å². The summed E-state index contributed by atoms with van der Waals surface area (Å²) in [5, 5.41) is -0.768. The quantitative estimate of drug-likeness (QED) is 0.906. The average molecular weight is 330 g/mol. The van der Waals surface area contributed by atoms with Crippen LogP contribution in [-0.4, -0.2) is 29.0 Å². The molecule has 1 aromatic rings. The Morgan fingerprint density at radius 1 is 1.50 bits per heavy atom. The number of piperidine rings is 1. The molecule has 1 aromatic heterocycles. The molecule has 20 heavy (non-hydrogen) atoms. The summed E-state index contributed by atoms with van der Waals surface area (Å²) in [6, 6.07) is 0.149. The molecule has 1 aliphatic heterocycles. The van der Waals surface area contributed by atoms with Crippen molar-refractivity contribution in [3.05, 3.63) is 16.1 Å². The van der Waals surface area contributed by atoms with E-state index in [4.69, 9.17) is 5.73 Å². The van der Waals surface area contributed by atoms with Gasteiger partial charge >= 0.3 is 6.18 Å². The summed E-state index contributed by atoms with van der Waals surface area (Å²) in [5.41, 5.74) is 6.04. The van der Waals surface area contributed by atoms with Crippen LogP contribution >= 0.6 is 23.7 Å². The van der Waals surface area contributed by atoms with Gasteiger partial charge in [-0.2, -0.15) is 13.2 Å². The van der Waals surface area contributed by atoms with Crippen molar-refractivity contribution in [2.24, 2.45) is 11.1 Å². The van der Waals surface area contributed by atoms with E-state index in [9.17, 15) is 13.2 Å². The fourth-order valence-corrected chi connectivity index (χ4v) is 3.17. The Morgan fingerprint density at radius 3 is 2.65 bits per heavy atom. The van der Waals surface area contributed by atoms with Crippen LogP contribution in [0.5, 0.6) is 0 Å². The minimum absolute atomic E-state index is 0. The molecule has 1 atom stereocenters. The molecule has 1 aliphatic rings. The third-order valence-electron chi connectivity index (χ3n) is 3.57. The molecule has 1 unspecified atom stereocenters. The van der Waals surface area contributed by atoms with Crippen LogP contribution in [-0.2, 0) is 12.7 Å². The van der Waals surface area contributed by atoms with Crippen LogP contribution in [0.15, 0.2) is 6.20 Å². The number of nitrogens with zero attached hydrogens (tertiary/aromatic N) is 2. The van der Waals surface area contributed by atoms with Crippen LogP contribution in [0.2, 0.25) is 0 Å². The second-order valence-corrected chi connectivity index (χ2v) is 6.84. The molecule has 116 valence electrons. The van der Waals surface area contributed by atoms with Crippen molar-refractivity contribution < 1.29 is 13.2 Å². The monoisotopic (exact) mass is 329 g/mol. The van der Waals surface area contributed by atoms with E-state index in [1.54, 1.807) is 0 Å². The smallest absolute Gasteiger partial charge is 0.327 e. The lowest BCUT2D eigenvalue weighted by atomic mass is 9.80. The maximum Gasteiger partial charge on any atom is 0.443 e. The number of nitrogens with two attached hydrogens (primary N) is 1. The molecular weight excluding hydrogens is 311 g/mol. The van der Waals surface area contributed by atoms with Crippen molar-refractivity contribution in [3.63, 3.8) is 0 Å². The van der Waals surface area contributed by atoms with E-state index in [1.807, 2.05) is 0 Å². The average Bonchev–Trinajstić information content (AvgIpc) is 2.71. The van der Waals surface area contributed by atoms with Crippen LogP contribution in [0.1, 0.15) is 30.2 Å². The molecule has 0 radical (unpaired) electrons. The van der Waals surface area contributed by atoms with Crippen molar-refractivity contribution in [2.75, 3.05) is 13.1 Å². The molecular formula is C12H19ClF3N3S. The predicted octanol–water partition coefficient (Wildman–Crippen LogP) is 3.14. The predicted molar refractivity (Wildman–Crippen MR) is 76.0 cm³/mol. The molecule has 3 nitrogen and oxygen atoms in total. The Bertz CT molecular complexity index is 447. The van der Waals surface area contributed by atoms with Gasteiger partial charge in [0.1, 0.15) is 0 Å². The van der Waals surface area contributed by atoms with E-state index >= 15 is 0 Å². The largest absolute Gasteiger partial charge is 0.443 e. The summed E-state index contributed by atoms with van der Waals surface area (Å²) in [7, 11) is 0. The van der Waals surface area contributed by atoms with Gasteiger partial charge in [0.2, 0.25) is 0 Å². The highest BCUT2D eigenvalue weighted by molar-refractivity contribution is 7.11. The minimum Gasteiger partial charge on any atom is -0.327 e. The van der Waals surface area contributed by atoms with Gasteiger partial charge in [-0.05, 0) is 11.8 Å². The first kappa shape index (κ1) is 17.7. The number of likely N-dealkylation sites (tertiary alicyclic amines) is 1. The topological polar surface area (TPSA) is 42.2 Å². The van der Waals surface area contributed by atoms with Gasteiger partial charge in [-0.1, -0.05) is 13.8 Å². The van der Waals surface area contributed by atoms with E-state index in [2.05, 4.69) is 23.7 Å². The van der Waals surface area contributed by atoms with Crippen molar-refractivity contribution in [3.8, 4) is 0 Å². The van der Waals surface area contributed by atoms with Crippen molar-refractivity contribution in [2.45, 2.75) is 39.0 Å². The first-order valence-corrected chi connectivity index (χ1v) is 7.00. The maximum absolute atomic E-state index is 12.5. The van der Waals surface area contributed by atoms with E-state index in [0.717, 1.165) is 30.8 Å². The fourth-order valence-electron chi connectivity index (χ4n) is 2.35. The van der Waals surface area contributed by atoms with E-state index in [0.29, 0.717) is 11.4 Å². The number of hydrogen-bond donors (Lipinski definition) is 1. The molecule has 1 fully saturated rings. The number of hydrogen-bond acceptors (Lipinski definition) is 4. The van der Waals surface area contributed by atoms with Gasteiger partial charge in [0, 0.05) is 36.8 Å². The first-order chi connectivity index (χ1) is 8.68. The third kappa shape index (κ3) is 4.07. The Balaban J connectivity index is 0.00000200. The zero-order chi connectivity index (χ0) is 14.3. The SMILES string of the molecule is CC1(C)CN(Cc2cnc(C(F)(F)F)s2)CCC1N.Cl. The Morgan fingerprint density at radius 2 is 2.15 bits per heavy atom. The zero-order valence-corrected chi connectivity index (χ0v) is 13.0. The first-order valence-electron chi connectivity index (χ1n) is 6.18. The fraction of sp³-hybridized carbons (Fsp3) is 0.750. The molecule has 0 saturated carbocycles. The normalized spacial score (nSPS) is 23.4. The standard InChI is InChI=1S/C12H18F3N3S.ClH/c1-11(2)7-18(4-3-9(11)16)6-8-5-17-10(19-8)12(13,14)15;/h5,9H,3-4,6-7,16H2,1-2H3;1H. The molecule has 0 amide bonds. The Kier molecular flexibility index (Phi) is 5.46. The van der Waals surface area contributed by atoms with Crippen LogP contribution in [0.25, 0.3) is 0 Å². The molecule has 0 bridgehead atoms. The van der Waals surface area contributed by atoms with Gasteiger partial charge in [-0.25, -0.2) is 4.98 Å². The molecule has 0 aromatic carbocycles. The summed E-state index contributed by atoms with van der Waals surface area (Å²) in [5.74, 6) is 0. The van der Waals surface area contributed by atoms with Crippen molar-refractivity contribution >= 4 is 23.7 Å². The van der Waals surface area contributed by atoms with Gasteiger partial charge in [-0.15, -0.1) is 23.7 Å². The second-order valence-electron chi connectivity index (χ2n) is 5.72. The number of rotatable bonds is 2. The molecule has 2 heterocycles. The highest BCUT2D eigenvalue weighted by atomic mass is 35.5. The van der Waals surface area contributed by atoms with E-state index < -0.39 is 11.2 Å². The van der Waals surface area contributed by atoms with Crippen LogP contribution in [0.4, 0.5) is 13.2 Å². The lowest BCUT2D eigenvalue weighted by Crippen LogP contribution is -2.51. The van der Waals surface area contributed by atoms with Crippen LogP contribution < -0.4 is 5.73 Å². The van der Waals surface area contributed by atoms with Gasteiger partial charge < -0.3 is 5.73 Å². The highest BCUT2D eigenvalue weighted by Crippen LogP contribution is 2.34. The number of thiazole rings is 1. The van der Waals surface area contributed by atoms with Gasteiger partial charge in [0.25, 0.3) is 0 Å². The summed E-state index contributed by atoms with van der Waals surface area (Å²) in [6.45, 7) is 6.33. The Labute approximate surface area is 126 Å². The van der Waals surface area contributed by atoms with Crippen LogP contribution in [0, 0.1) is 5.41 Å². The molecule has 0 spiro atoms. The van der Waals surface area contributed by atoms with Gasteiger partial charge in [0.15, 0.2) is 5.01 Å². The minimum atomic E-state index is -4.34. The van der Waals surface area contributed by atoms with E-state index in [-0.39, 0.29) is 23.9 Å². The number of halogens is 4. The lowest BCUT2D eigenvalue weighted by molar-refractivity contribution is -0.137. The van der Waals surface area contributed by atoms with Crippen molar-refractivity contribution in [1.82, 2.24) is 9.88 Å². The molecule has 0 aliphatic carbocycles. The Hall–Kier alpha value is -0.370. The van der Waals surface area contributed by atoms with E-state index in [1.165, 1.54) is 6.20 Å². The highest BCUT2D eigenvalue weighted by Gasteiger charge is 2.36. The number of alkyl halides is 3. The van der Waals surface area contributed by atoms with Crippen molar-refractivity contribution in [1.29, 1.82) is 0 Å². The number of aromatic nitrogens is 1. The third-order valence-corrected chi connectivity index (χ3v) is 4.59. The second kappa shape index (κ2) is 6.17. The van der Waals surface area contributed by atoms with Gasteiger partial charge in [-0.3, -0.25) is 4.90 Å². The summed E-state index contributed by atoms with van der Waals surface area (Å²) < 4.78 is 37.4. The summed E-state index contributed by atoms with van der Waals surface area (Å²) >= 11 is 0.725. The maximum atomic E-state index is 12.5. The van der Waals surface area contributed by atoms with Crippen LogP contribution in [0.3, 0.4) is 0 Å². The molecule has 2 N–H and O–H groups in total. The summed E-state index contributed by atoms with van der Waals surface area (Å²) in [6.07, 6.45) is -2.14. The molecule has 1 saturated heterocycles.